The van der Waals surface area contributed by atoms with Crippen LogP contribution in [-0.2, 0) is 14.8 Å². The highest BCUT2D eigenvalue weighted by Gasteiger charge is 2.28. The largest absolute Gasteiger partial charge is 0.351 e. The van der Waals surface area contributed by atoms with Crippen molar-refractivity contribution in [1.82, 2.24) is 14.8 Å². The number of nitrogens with two attached hydrogens (primary N) is 1. The van der Waals surface area contributed by atoms with Gasteiger partial charge in [0.2, 0.25) is 15.9 Å². The topological polar surface area (TPSA) is 129 Å². The van der Waals surface area contributed by atoms with Gasteiger partial charge in [-0.1, -0.05) is 18.2 Å². The third kappa shape index (κ3) is 4.67. The highest BCUT2D eigenvalue weighted by molar-refractivity contribution is 7.89. The highest BCUT2D eigenvalue weighted by Crippen LogP contribution is 2.18. The molecule has 168 valence electrons. The number of H-pyrrole nitrogens is 1. The molecule has 1 unspecified atom stereocenters. The molecule has 9 nitrogen and oxygen atoms in total. The van der Waals surface area contributed by atoms with Crippen LogP contribution in [0.3, 0.4) is 0 Å². The van der Waals surface area contributed by atoms with Crippen molar-refractivity contribution in [3.05, 3.63) is 60.3 Å². The predicted octanol–water partition coefficient (Wildman–Crippen LogP) is 1.60. The first-order valence-electron chi connectivity index (χ1n) is 10.3. The van der Waals surface area contributed by atoms with Crippen LogP contribution in [0.4, 0.5) is 5.69 Å². The minimum atomic E-state index is -3.78. The number of hydrogen-bond donors (Lipinski definition) is 3. The van der Waals surface area contributed by atoms with Gasteiger partial charge in [-0.3, -0.25) is 14.5 Å². The van der Waals surface area contributed by atoms with Crippen molar-refractivity contribution in [1.29, 1.82) is 0 Å². The Morgan fingerprint density at radius 1 is 1.03 bits per heavy atom. The van der Waals surface area contributed by atoms with Crippen molar-refractivity contribution >= 4 is 38.4 Å². The third-order valence-electron chi connectivity index (χ3n) is 5.74. The highest BCUT2D eigenvalue weighted by atomic mass is 32.2. The Morgan fingerprint density at radius 2 is 1.69 bits per heavy atom. The molecule has 0 radical (unpaired) electrons. The Hall–Kier alpha value is -3.21. The number of para-hydroxylation sites is 1. The van der Waals surface area contributed by atoms with E-state index in [1.165, 1.54) is 24.3 Å². The molecule has 0 bridgehead atoms. The van der Waals surface area contributed by atoms with Crippen LogP contribution >= 0.6 is 0 Å². The normalized spacial score (nSPS) is 16.1. The van der Waals surface area contributed by atoms with Crippen LogP contribution in [0.15, 0.2) is 59.5 Å². The fourth-order valence-corrected chi connectivity index (χ4v) is 4.33. The number of benzene rings is 2. The van der Waals surface area contributed by atoms with Crippen LogP contribution in [0, 0.1) is 0 Å². The van der Waals surface area contributed by atoms with Crippen molar-refractivity contribution in [2.75, 3.05) is 31.5 Å². The summed E-state index contributed by atoms with van der Waals surface area (Å²) in [6.45, 7) is 4.00. The summed E-state index contributed by atoms with van der Waals surface area (Å²) in [7, 11) is -3.78. The number of aromatic nitrogens is 1. The number of nitrogens with zero attached hydrogens (tertiary/aromatic N) is 2. The van der Waals surface area contributed by atoms with Crippen molar-refractivity contribution < 1.29 is 18.0 Å². The second-order valence-corrected chi connectivity index (χ2v) is 9.39. The number of nitrogens with one attached hydrogen (secondary N) is 2. The molecule has 10 heteroatoms. The number of carbonyl (C=O) groups is 2. The molecule has 4 rings (SSSR count). The maximum atomic E-state index is 12.9. The minimum Gasteiger partial charge on any atom is -0.351 e. The summed E-state index contributed by atoms with van der Waals surface area (Å²) in [5.41, 5.74) is 1.98. The van der Waals surface area contributed by atoms with Crippen LogP contribution in [0.5, 0.6) is 0 Å². The molecule has 1 aromatic heterocycles. The van der Waals surface area contributed by atoms with Crippen molar-refractivity contribution in [2.45, 2.75) is 17.9 Å². The number of fused-ring (bicyclic) bond motifs is 1. The second kappa shape index (κ2) is 8.73. The average Bonchev–Trinajstić information content (AvgIpc) is 3.22. The van der Waals surface area contributed by atoms with Gasteiger partial charge in [0.15, 0.2) is 0 Å². The molecule has 0 saturated carbocycles. The molecule has 2 heterocycles. The summed E-state index contributed by atoms with van der Waals surface area (Å²) < 4.78 is 22.7. The van der Waals surface area contributed by atoms with E-state index < -0.39 is 16.1 Å². The van der Waals surface area contributed by atoms with E-state index in [1.54, 1.807) is 4.90 Å². The van der Waals surface area contributed by atoms with E-state index >= 15 is 0 Å². The van der Waals surface area contributed by atoms with E-state index in [1.807, 2.05) is 42.2 Å². The Labute approximate surface area is 186 Å². The van der Waals surface area contributed by atoms with Crippen LogP contribution in [0.25, 0.3) is 10.9 Å². The first kappa shape index (κ1) is 22.0. The number of amides is 2. The van der Waals surface area contributed by atoms with Gasteiger partial charge in [0.05, 0.1) is 10.9 Å². The smallest absolute Gasteiger partial charge is 0.270 e. The molecule has 1 aliphatic heterocycles. The summed E-state index contributed by atoms with van der Waals surface area (Å²) in [6.07, 6.45) is 0. The molecular weight excluding hydrogens is 430 g/mol. The maximum Gasteiger partial charge on any atom is 0.270 e. The zero-order chi connectivity index (χ0) is 22.9. The van der Waals surface area contributed by atoms with Gasteiger partial charge in [-0.25, -0.2) is 13.6 Å². The molecule has 32 heavy (non-hydrogen) atoms. The Morgan fingerprint density at radius 3 is 2.31 bits per heavy atom. The number of piperazine rings is 1. The first-order valence-corrected chi connectivity index (χ1v) is 11.8. The lowest BCUT2D eigenvalue weighted by atomic mass is 10.2. The van der Waals surface area contributed by atoms with E-state index in [0.717, 1.165) is 10.9 Å². The third-order valence-corrected chi connectivity index (χ3v) is 6.67. The van der Waals surface area contributed by atoms with Crippen molar-refractivity contribution in [3.8, 4) is 0 Å². The number of aromatic amines is 1. The zero-order valence-electron chi connectivity index (χ0n) is 17.6. The SMILES string of the molecule is CC(C(=O)Nc1ccc(S(N)(=O)=O)cc1)N1CCN(C(=O)c2cc3ccccc3[nH]2)CC1. The van der Waals surface area contributed by atoms with E-state index in [0.29, 0.717) is 37.6 Å². The Bertz CT molecular complexity index is 1210. The monoisotopic (exact) mass is 455 g/mol. The molecule has 0 aliphatic carbocycles. The van der Waals surface area contributed by atoms with Gasteiger partial charge >= 0.3 is 0 Å². The predicted molar refractivity (Wildman–Crippen MR) is 122 cm³/mol. The molecular formula is C22H25N5O4S. The molecule has 4 N–H and O–H groups in total. The van der Waals surface area contributed by atoms with E-state index in [-0.39, 0.29) is 16.7 Å². The van der Waals surface area contributed by atoms with E-state index in [2.05, 4.69) is 10.3 Å². The van der Waals surface area contributed by atoms with Gasteiger partial charge in [-0.2, -0.15) is 0 Å². The maximum absolute atomic E-state index is 12.9. The van der Waals surface area contributed by atoms with Crippen molar-refractivity contribution in [3.63, 3.8) is 0 Å². The molecule has 1 fully saturated rings. The Balaban J connectivity index is 1.33. The molecule has 2 aromatic carbocycles. The quantitative estimate of drug-likeness (QED) is 0.538. The lowest BCUT2D eigenvalue weighted by Crippen LogP contribution is -2.54. The standard InChI is InChI=1S/C22H25N5O4S/c1-15(21(28)24-17-6-8-18(9-7-17)32(23,30)31)26-10-12-27(13-11-26)22(29)20-14-16-4-2-3-5-19(16)25-20/h2-9,14-15,25H,10-13H2,1H3,(H,24,28)(H2,23,30,31). The lowest BCUT2D eigenvalue weighted by Gasteiger charge is -2.37. The summed E-state index contributed by atoms with van der Waals surface area (Å²) in [4.78, 5) is 32.5. The molecule has 0 spiro atoms. The number of hydrogen-bond acceptors (Lipinski definition) is 5. The van der Waals surface area contributed by atoms with Crippen LogP contribution < -0.4 is 10.5 Å². The molecule has 1 atom stereocenters. The fraction of sp³-hybridized carbons (Fsp3) is 0.273. The van der Waals surface area contributed by atoms with Gasteiger partial charge in [-0.15, -0.1) is 0 Å². The number of carbonyl (C=O) groups excluding carboxylic acids is 2. The Kier molecular flexibility index (Phi) is 6.00. The van der Waals surface area contributed by atoms with Gasteiger partial charge < -0.3 is 15.2 Å². The lowest BCUT2D eigenvalue weighted by molar-refractivity contribution is -0.121. The van der Waals surface area contributed by atoms with Crippen LogP contribution in [-0.4, -0.2) is 67.2 Å². The number of rotatable bonds is 5. The van der Waals surface area contributed by atoms with Gasteiger partial charge in [0, 0.05) is 42.8 Å². The van der Waals surface area contributed by atoms with Crippen LogP contribution in [0.2, 0.25) is 0 Å². The average molecular weight is 456 g/mol. The minimum absolute atomic E-state index is 0.0145. The summed E-state index contributed by atoms with van der Waals surface area (Å²) in [6, 6.07) is 14.9. The van der Waals surface area contributed by atoms with Gasteiger partial charge in [0.1, 0.15) is 5.69 Å². The number of sulfonamides is 1. The van der Waals surface area contributed by atoms with E-state index in [9.17, 15) is 18.0 Å². The van der Waals surface area contributed by atoms with Crippen molar-refractivity contribution in [2.24, 2.45) is 5.14 Å². The van der Waals surface area contributed by atoms with E-state index in [4.69, 9.17) is 5.14 Å². The number of primary sulfonamides is 1. The second-order valence-electron chi connectivity index (χ2n) is 7.83. The summed E-state index contributed by atoms with van der Waals surface area (Å²) in [5.74, 6) is -0.253. The molecule has 1 saturated heterocycles. The first-order chi connectivity index (χ1) is 15.2. The zero-order valence-corrected chi connectivity index (χ0v) is 18.4. The fourth-order valence-electron chi connectivity index (χ4n) is 3.81. The van der Waals surface area contributed by atoms with Gasteiger partial charge in [-0.05, 0) is 43.3 Å². The molecule has 3 aromatic rings. The van der Waals surface area contributed by atoms with Gasteiger partial charge in [0.25, 0.3) is 5.91 Å². The molecule has 1 aliphatic rings. The molecule has 2 amide bonds. The summed E-state index contributed by atoms with van der Waals surface area (Å²) in [5, 5.41) is 8.88. The summed E-state index contributed by atoms with van der Waals surface area (Å²) >= 11 is 0. The number of anilines is 1. The van der Waals surface area contributed by atoms with Crippen LogP contribution in [0.1, 0.15) is 17.4 Å².